The van der Waals surface area contributed by atoms with Crippen molar-refractivity contribution in [2.45, 2.75) is 153 Å². The van der Waals surface area contributed by atoms with Gasteiger partial charge in [0.2, 0.25) is 23.4 Å². The van der Waals surface area contributed by atoms with Gasteiger partial charge in [-0.25, -0.2) is 4.79 Å². The van der Waals surface area contributed by atoms with E-state index in [1.807, 2.05) is 19.1 Å². The van der Waals surface area contributed by atoms with Gasteiger partial charge in [0.25, 0.3) is 10.1 Å². The topological polar surface area (TPSA) is 189 Å². The van der Waals surface area contributed by atoms with E-state index in [9.17, 15) is 32.1 Å². The number of anilines is 1. The molecule has 2 atom stereocenters. The molecule has 0 unspecified atom stereocenters. The van der Waals surface area contributed by atoms with Crippen LogP contribution in [0.25, 0.3) is 0 Å². The molecule has 3 heterocycles. The second kappa shape index (κ2) is 25.4. The molecular formula is C55H80N7O8S+. The van der Waals surface area contributed by atoms with Gasteiger partial charge in [0.1, 0.15) is 18.6 Å². The second-order valence-corrected chi connectivity index (χ2v) is 21.9. The highest BCUT2D eigenvalue weighted by atomic mass is 32.2. The predicted octanol–water partition coefficient (Wildman–Crippen LogP) is 7.97. The molecule has 5 N–H and O–H groups in total. The minimum atomic E-state index is -4.33. The fourth-order valence-corrected chi connectivity index (χ4v) is 11.1. The van der Waals surface area contributed by atoms with Gasteiger partial charge in [0.15, 0.2) is 5.71 Å². The van der Waals surface area contributed by atoms with Crippen molar-refractivity contribution in [3.05, 3.63) is 89.7 Å². The molecule has 6 rings (SSSR count). The van der Waals surface area contributed by atoms with E-state index in [-0.39, 0.29) is 47.0 Å². The number of fused-ring (bicyclic) bond motifs is 2. The lowest BCUT2D eigenvalue weighted by molar-refractivity contribution is -0.438. The van der Waals surface area contributed by atoms with Gasteiger partial charge in [-0.2, -0.15) is 13.0 Å². The van der Waals surface area contributed by atoms with E-state index in [0.29, 0.717) is 64.6 Å². The quantitative estimate of drug-likeness (QED) is 0.0318. The SMILES string of the molecule is CCCCNC(=O)[C@H](CCNC(=O)CCCCC[N+]1=C(C=CC=CC=C2N(CC)c3ccc(S(=O)(=O)O)cc3C2(C)C)C(C)(C)c2ccccc21)NC(=O)[C@H](CC1CCCCC1)NC(=O)N1CCOCC1. The summed E-state index contributed by atoms with van der Waals surface area (Å²) in [7, 11) is -4.33. The molecule has 0 radical (unpaired) electrons. The predicted molar refractivity (Wildman–Crippen MR) is 280 cm³/mol. The van der Waals surface area contributed by atoms with Gasteiger partial charge in [-0.05, 0) is 88.6 Å². The van der Waals surface area contributed by atoms with Gasteiger partial charge in [0, 0.05) is 80.1 Å². The third kappa shape index (κ3) is 14.2. The number of unbranched alkanes of at least 4 members (excludes halogenated alkanes) is 3. The number of allylic oxidation sites excluding steroid dienone is 6. The molecule has 3 aliphatic heterocycles. The van der Waals surface area contributed by atoms with Gasteiger partial charge >= 0.3 is 6.03 Å². The summed E-state index contributed by atoms with van der Waals surface area (Å²) in [6.45, 7) is 16.7. The van der Waals surface area contributed by atoms with Crippen molar-refractivity contribution >= 4 is 51.0 Å². The molecule has 2 fully saturated rings. The fraction of sp³-hybridized carbons (Fsp3) is 0.582. The number of rotatable bonds is 23. The standard InChI is InChI=1S/C55H79N7O8S/c1-7-9-31-57-51(64)44(58-52(65)45(38-40-21-13-10-14-22-40)59-53(66)60-34-36-70-37-35-60)30-32-56-50(63)27-17-12-20-33-62-46-24-19-18-23-42(46)54(3,4)49(62)26-16-11-15-25-48-55(5,6)43-39-41(71(67,68)69)28-29-47(43)61(48)8-2/h11,15-16,18-19,23-26,28-29,39-40,44-45H,7-10,12-14,17,20-22,27,30-38H2,1-6H3,(H4-,56,57,58,59,63,64,65,66,67,68,69)/p+1/t44-,45-/m0/s1. The normalized spacial score (nSPS) is 19.2. The van der Waals surface area contributed by atoms with E-state index in [0.717, 1.165) is 74.9 Å². The molecule has 0 aromatic heterocycles. The number of para-hydroxylation sites is 1. The van der Waals surface area contributed by atoms with Crippen LogP contribution in [0.2, 0.25) is 0 Å². The number of amides is 5. The molecule has 0 spiro atoms. The Morgan fingerprint density at radius 1 is 0.831 bits per heavy atom. The number of urea groups is 1. The summed E-state index contributed by atoms with van der Waals surface area (Å²) in [4.78, 5) is 57.6. The molecule has 15 nitrogen and oxygen atoms in total. The maximum absolute atomic E-state index is 14.0. The molecule has 388 valence electrons. The van der Waals surface area contributed by atoms with Crippen LogP contribution in [0.3, 0.4) is 0 Å². The number of carbonyl (C=O) groups excluding carboxylic acids is 4. The lowest BCUT2D eigenvalue weighted by Gasteiger charge is -2.31. The number of nitrogens with zero attached hydrogens (tertiary/aromatic N) is 3. The van der Waals surface area contributed by atoms with E-state index in [1.54, 1.807) is 17.0 Å². The number of hydrogen-bond donors (Lipinski definition) is 5. The van der Waals surface area contributed by atoms with Crippen LogP contribution < -0.4 is 26.2 Å². The number of carbonyl (C=O) groups is 4. The zero-order valence-corrected chi connectivity index (χ0v) is 43.9. The minimum absolute atomic E-state index is 0.103. The summed E-state index contributed by atoms with van der Waals surface area (Å²) < 4.78 is 41.4. The number of nitrogens with one attached hydrogen (secondary N) is 4. The molecule has 2 aromatic rings. The first-order chi connectivity index (χ1) is 34.0. The first kappa shape index (κ1) is 55.0. The Kier molecular flexibility index (Phi) is 19.7. The number of hydrogen-bond acceptors (Lipinski definition) is 8. The van der Waals surface area contributed by atoms with Crippen LogP contribution in [-0.2, 0) is 40.1 Å². The first-order valence-corrected chi connectivity index (χ1v) is 27.6. The number of benzene rings is 2. The second-order valence-electron chi connectivity index (χ2n) is 20.5. The van der Waals surface area contributed by atoms with E-state index in [1.165, 1.54) is 29.4 Å². The smallest absolute Gasteiger partial charge is 0.318 e. The molecule has 4 aliphatic rings. The Bertz CT molecular complexity index is 2430. The molecule has 71 heavy (non-hydrogen) atoms. The lowest BCUT2D eigenvalue weighted by atomic mass is 9.81. The Balaban J connectivity index is 1.03. The summed E-state index contributed by atoms with van der Waals surface area (Å²) in [5, 5.41) is 11.9. The van der Waals surface area contributed by atoms with Crippen molar-refractivity contribution in [2.75, 3.05) is 57.4 Å². The van der Waals surface area contributed by atoms with Gasteiger partial charge < -0.3 is 35.8 Å². The van der Waals surface area contributed by atoms with Gasteiger partial charge in [-0.1, -0.05) is 95.7 Å². The Hall–Kier alpha value is -5.32. The summed E-state index contributed by atoms with van der Waals surface area (Å²) in [6.07, 6.45) is 20.9. The molecule has 1 aliphatic carbocycles. The highest BCUT2D eigenvalue weighted by Gasteiger charge is 2.44. The summed E-state index contributed by atoms with van der Waals surface area (Å²) in [6, 6.07) is 11.3. The largest absolute Gasteiger partial charge is 0.378 e. The van der Waals surface area contributed by atoms with E-state index in [4.69, 9.17) is 4.74 Å². The van der Waals surface area contributed by atoms with E-state index >= 15 is 0 Å². The lowest BCUT2D eigenvalue weighted by Crippen LogP contribution is -2.57. The van der Waals surface area contributed by atoms with Crippen molar-refractivity contribution in [3.63, 3.8) is 0 Å². The van der Waals surface area contributed by atoms with E-state index < -0.39 is 27.6 Å². The monoisotopic (exact) mass is 999 g/mol. The summed E-state index contributed by atoms with van der Waals surface area (Å²) in [5.41, 5.74) is 5.68. The van der Waals surface area contributed by atoms with Crippen molar-refractivity contribution in [1.82, 2.24) is 26.2 Å². The van der Waals surface area contributed by atoms with Crippen LogP contribution in [0.5, 0.6) is 0 Å². The third-order valence-corrected chi connectivity index (χ3v) is 15.6. The molecule has 1 saturated heterocycles. The van der Waals surface area contributed by atoms with Gasteiger partial charge in [0.05, 0.1) is 23.5 Å². The van der Waals surface area contributed by atoms with Crippen LogP contribution in [0.4, 0.5) is 16.2 Å². The highest BCUT2D eigenvalue weighted by molar-refractivity contribution is 7.85. The third-order valence-electron chi connectivity index (χ3n) is 14.7. The van der Waals surface area contributed by atoms with Crippen molar-refractivity contribution in [1.29, 1.82) is 0 Å². The number of ether oxygens (including phenoxy) is 1. The minimum Gasteiger partial charge on any atom is -0.378 e. The van der Waals surface area contributed by atoms with Crippen LogP contribution in [0, 0.1) is 5.92 Å². The van der Waals surface area contributed by atoms with Crippen LogP contribution in [-0.4, -0.2) is 116 Å². The molecular weight excluding hydrogens is 919 g/mol. The zero-order chi connectivity index (χ0) is 51.2. The number of likely N-dealkylation sites (N-methyl/N-ethyl adjacent to an activating group) is 1. The van der Waals surface area contributed by atoms with Crippen LogP contribution >= 0.6 is 0 Å². The van der Waals surface area contributed by atoms with Crippen LogP contribution in [0.1, 0.15) is 136 Å². The zero-order valence-electron chi connectivity index (χ0n) is 43.1. The highest BCUT2D eigenvalue weighted by Crippen LogP contribution is 2.48. The average molecular weight is 999 g/mol. The molecule has 0 bridgehead atoms. The summed E-state index contributed by atoms with van der Waals surface area (Å²) >= 11 is 0. The van der Waals surface area contributed by atoms with Crippen molar-refractivity contribution in [2.24, 2.45) is 5.92 Å². The first-order valence-electron chi connectivity index (χ1n) is 26.1. The van der Waals surface area contributed by atoms with Gasteiger partial charge in [-0.15, -0.1) is 0 Å². The Labute approximate surface area is 422 Å². The van der Waals surface area contributed by atoms with Crippen molar-refractivity contribution in [3.8, 4) is 0 Å². The Morgan fingerprint density at radius 3 is 2.30 bits per heavy atom. The maximum atomic E-state index is 14.0. The van der Waals surface area contributed by atoms with Crippen LogP contribution in [0.15, 0.2) is 83.4 Å². The Morgan fingerprint density at radius 2 is 1.58 bits per heavy atom. The molecule has 5 amide bonds. The molecule has 16 heteroatoms. The molecule has 2 aromatic carbocycles. The fourth-order valence-electron chi connectivity index (χ4n) is 10.6. The van der Waals surface area contributed by atoms with Gasteiger partial charge in [-0.3, -0.25) is 18.9 Å². The number of morpholine rings is 1. The van der Waals surface area contributed by atoms with Crippen molar-refractivity contribution < 1.29 is 41.5 Å². The maximum Gasteiger partial charge on any atom is 0.318 e. The molecule has 1 saturated carbocycles. The summed E-state index contributed by atoms with van der Waals surface area (Å²) in [5.74, 6) is -0.468. The van der Waals surface area contributed by atoms with E-state index in [2.05, 4.69) is 108 Å². The average Bonchev–Trinajstić information content (AvgIpc) is 3.70.